The molecule has 4 N–H and O–H groups in total. The maximum absolute atomic E-state index is 13.6. The number of aryl methyl sites for hydroxylation is 6. The normalized spacial score (nSPS) is 17.0. The number of methoxy groups -OCH3 is 4. The molecule has 4 unspecified atom stereocenters. The van der Waals surface area contributed by atoms with E-state index in [1.165, 1.54) is 27.5 Å². The zero-order valence-corrected chi connectivity index (χ0v) is 86.3. The second-order valence-electron chi connectivity index (χ2n) is 38.3. The molecule has 39 heteroatoms. The van der Waals surface area contributed by atoms with Gasteiger partial charge in [-0.25, -0.2) is 51.7 Å². The molecule has 4 aromatic carbocycles. The highest BCUT2D eigenvalue weighted by atomic mass is 35.5. The van der Waals surface area contributed by atoms with Crippen LogP contribution in [0, 0.1) is 56.3 Å². The molecule has 14 heterocycles. The number of piperidine rings is 2. The maximum atomic E-state index is 13.6. The summed E-state index contributed by atoms with van der Waals surface area (Å²) in [5.41, 5.74) is 5.28. The van der Waals surface area contributed by atoms with Crippen LogP contribution in [0.5, 0.6) is 23.5 Å². The van der Waals surface area contributed by atoms with Gasteiger partial charge in [0.25, 0.3) is 0 Å². The summed E-state index contributed by atoms with van der Waals surface area (Å²) in [7, 11) is 10.1. The van der Waals surface area contributed by atoms with Crippen molar-refractivity contribution in [3.8, 4) is 23.5 Å². The molecule has 0 bridgehead atoms. The standard InChI is InChI=1S/C29H33ClF3N3O3.C25H33ClN6O4S.C25H28ClN5O2.C23H27ClN6O2/c1-18-6-11-36(12-7-18)17-23-26(30)22-15-20(3-4-24(22)35-27(23)38-2)28(37,19-8-13-39-14-9-19)21-5-10-34-25(16-21)29(31,32)33;1-16-7-9-31(10-8-16)15-20-23(26)19-11-17(5-6-21(19)28-24(20)36-3)25(33,22-12-27-29-30(22)2)18-13-32(14-18)37(4,34)35;1-14(2)11-19-23(26)18-12-17(8-10-21(18)29-24(19)33-6)25(32,22-13-27-30-31(22)5)20-9-7-15(3)28-16(20)4;1-13(2)9-17-21(24)16-10-15(7-8-18(16)27-22(17)32-6)23(31,20-12-26-28-30(20)5)19-11-25-14(3)29(19)4/h3-5,10,15-16,18-19,37H,6-9,11-14,17H2,1-2H3;5-6,11-12,16,18,33H,7-10,13-15H2,1-4H3;7-10,12-14,32H,11H2,1-6H3;7-8,10-13,31H,9H2,1-6H3. The van der Waals surface area contributed by atoms with Gasteiger partial charge >= 0.3 is 6.18 Å². The lowest BCUT2D eigenvalue weighted by Gasteiger charge is -2.46. The number of benzene rings is 4. The van der Waals surface area contributed by atoms with E-state index in [9.17, 15) is 42.0 Å². The minimum atomic E-state index is -4.64. The highest BCUT2D eigenvalue weighted by Gasteiger charge is 2.52. The molecule has 141 heavy (non-hydrogen) atoms. The summed E-state index contributed by atoms with van der Waals surface area (Å²) < 4.78 is 100. The van der Waals surface area contributed by atoms with Crippen LogP contribution in [0.25, 0.3) is 43.6 Å². The number of aromatic nitrogens is 17. The summed E-state index contributed by atoms with van der Waals surface area (Å²) in [6.45, 7) is 25.0. The number of aliphatic hydroxyl groups is 4. The van der Waals surface area contributed by atoms with Crippen molar-refractivity contribution in [3.05, 3.63) is 249 Å². The van der Waals surface area contributed by atoms with E-state index in [0.717, 1.165) is 133 Å². The highest BCUT2D eigenvalue weighted by Crippen LogP contribution is 2.50. The number of halogens is 7. The number of sulfonamides is 1. The Morgan fingerprint density at radius 3 is 1.25 bits per heavy atom. The van der Waals surface area contributed by atoms with E-state index in [4.69, 9.17) is 80.1 Å². The quantitative estimate of drug-likeness (QED) is 0.0413. The molecule has 14 aromatic rings. The summed E-state index contributed by atoms with van der Waals surface area (Å²) in [6.07, 6.45) is 10.9. The smallest absolute Gasteiger partial charge is 0.433 e. The zero-order valence-electron chi connectivity index (χ0n) is 82.5. The van der Waals surface area contributed by atoms with Crippen molar-refractivity contribution in [3.63, 3.8) is 0 Å². The molecule has 0 aliphatic carbocycles. The van der Waals surface area contributed by atoms with Crippen LogP contribution in [-0.2, 0) is 97.5 Å². The molecule has 0 amide bonds. The third-order valence-electron chi connectivity index (χ3n) is 27.8. The number of nitrogens with zero attached hydrogens (tertiary/aromatic N) is 20. The van der Waals surface area contributed by atoms with Crippen LogP contribution < -0.4 is 18.9 Å². The number of hydrogen-bond acceptors (Lipinski definition) is 26. The van der Waals surface area contributed by atoms with Gasteiger partial charge < -0.3 is 48.7 Å². The first-order valence-electron chi connectivity index (χ1n) is 47.0. The van der Waals surface area contributed by atoms with Crippen LogP contribution in [0.4, 0.5) is 13.2 Å². The summed E-state index contributed by atoms with van der Waals surface area (Å²) in [6, 6.07) is 28.0. The van der Waals surface area contributed by atoms with E-state index in [2.05, 4.69) is 107 Å². The van der Waals surface area contributed by atoms with Crippen LogP contribution in [0.3, 0.4) is 0 Å². The Balaban J connectivity index is 0.000000142. The molecule has 4 atom stereocenters. The van der Waals surface area contributed by atoms with Crippen molar-refractivity contribution in [2.75, 3.05) is 87.2 Å². The molecule has 0 radical (unpaired) electrons. The number of alkyl halides is 3. The molecule has 10 aromatic heterocycles. The van der Waals surface area contributed by atoms with Gasteiger partial charge in [0.15, 0.2) is 11.2 Å². The molecule has 750 valence electrons. The Bertz CT molecular complexity index is 7020. The van der Waals surface area contributed by atoms with Crippen LogP contribution >= 0.6 is 46.4 Å². The van der Waals surface area contributed by atoms with Crippen molar-refractivity contribution in [2.45, 2.75) is 155 Å². The second-order valence-corrected chi connectivity index (χ2v) is 41.8. The molecule has 4 saturated heterocycles. The molecule has 0 spiro atoms. The first-order valence-corrected chi connectivity index (χ1v) is 50.4. The fraction of sp³-hybridized carbons (Fsp3) is 0.461. The Morgan fingerprint density at radius 1 is 0.468 bits per heavy atom. The van der Waals surface area contributed by atoms with Gasteiger partial charge in [-0.1, -0.05) is 134 Å². The van der Waals surface area contributed by atoms with E-state index < -0.39 is 50.2 Å². The van der Waals surface area contributed by atoms with E-state index in [0.29, 0.717) is 184 Å². The molecule has 4 aliphatic rings. The minimum Gasteiger partial charge on any atom is -0.481 e. The average molecular weight is 2030 g/mol. The topological polar surface area (TPSA) is 358 Å². The summed E-state index contributed by atoms with van der Waals surface area (Å²) >= 11 is 27.8. The molecular weight excluding hydrogens is 1910 g/mol. The number of imidazole rings is 1. The van der Waals surface area contributed by atoms with Crippen molar-refractivity contribution in [1.82, 2.24) is 98.5 Å². The maximum Gasteiger partial charge on any atom is 0.433 e. The van der Waals surface area contributed by atoms with Crippen LogP contribution in [0.2, 0.25) is 20.1 Å². The first kappa shape index (κ1) is 105. The Hall–Kier alpha value is -10.8. The van der Waals surface area contributed by atoms with Gasteiger partial charge in [0.05, 0.1) is 119 Å². The minimum absolute atomic E-state index is 0.135. The molecular formula is C102H121Cl4F3N20O11S. The van der Waals surface area contributed by atoms with E-state index >= 15 is 0 Å². The van der Waals surface area contributed by atoms with Crippen molar-refractivity contribution < 1.29 is 65.7 Å². The van der Waals surface area contributed by atoms with Gasteiger partial charge in [-0.2, -0.15) is 13.2 Å². The molecule has 18 rings (SSSR count). The van der Waals surface area contributed by atoms with Gasteiger partial charge in [-0.3, -0.25) is 19.8 Å². The summed E-state index contributed by atoms with van der Waals surface area (Å²) in [5.74, 6) is 4.16. The fourth-order valence-corrected chi connectivity index (χ4v) is 21.8. The highest BCUT2D eigenvalue weighted by molar-refractivity contribution is 7.88. The van der Waals surface area contributed by atoms with E-state index in [-0.39, 0.29) is 24.6 Å². The largest absolute Gasteiger partial charge is 0.481 e. The van der Waals surface area contributed by atoms with Crippen LogP contribution in [-0.4, -0.2) is 215 Å². The van der Waals surface area contributed by atoms with E-state index in [1.54, 1.807) is 102 Å². The lowest BCUT2D eigenvalue weighted by Crippen LogP contribution is -2.58. The molecule has 4 fully saturated rings. The Labute approximate surface area is 838 Å². The van der Waals surface area contributed by atoms with Crippen molar-refractivity contribution in [2.24, 2.45) is 63.7 Å². The fourth-order valence-electron chi connectivity index (χ4n) is 19.7. The zero-order chi connectivity index (χ0) is 101. The second kappa shape index (κ2) is 42.6. The molecule has 31 nitrogen and oxygen atoms in total. The average Bonchev–Trinajstić information content (AvgIpc) is 1.67. The van der Waals surface area contributed by atoms with Crippen molar-refractivity contribution >= 4 is 100 Å². The third kappa shape index (κ3) is 21.1. The number of likely N-dealkylation sites (tertiary alicyclic amines) is 2. The molecule has 0 saturated carbocycles. The lowest BCUT2D eigenvalue weighted by atomic mass is 9.72. The number of hydrogen-bond donors (Lipinski definition) is 4. The Morgan fingerprint density at radius 2 is 0.858 bits per heavy atom. The van der Waals surface area contributed by atoms with Crippen LogP contribution in [0.15, 0.2) is 128 Å². The predicted octanol–water partition coefficient (Wildman–Crippen LogP) is 16.7. The van der Waals surface area contributed by atoms with E-state index in [1.807, 2.05) is 93.0 Å². The van der Waals surface area contributed by atoms with Gasteiger partial charge in [0.2, 0.25) is 33.5 Å². The summed E-state index contributed by atoms with van der Waals surface area (Å²) in [4.78, 5) is 36.0. The number of fused-ring (bicyclic) bond motifs is 4. The van der Waals surface area contributed by atoms with Gasteiger partial charge in [-0.05, 0) is 217 Å². The number of pyridine rings is 6. The summed E-state index contributed by atoms with van der Waals surface area (Å²) in [5, 5.41) is 78.1. The van der Waals surface area contributed by atoms with Gasteiger partial charge in [0.1, 0.15) is 28.4 Å². The Kier molecular flexibility index (Phi) is 31.6. The predicted molar refractivity (Wildman–Crippen MR) is 535 cm³/mol. The van der Waals surface area contributed by atoms with Crippen LogP contribution in [0.1, 0.15) is 181 Å². The number of rotatable bonds is 25. The van der Waals surface area contributed by atoms with Gasteiger partial charge in [-0.15, -0.1) is 15.3 Å². The third-order valence-corrected chi connectivity index (χ3v) is 30.8. The molecule has 4 aliphatic heterocycles. The lowest BCUT2D eigenvalue weighted by molar-refractivity contribution is -0.141. The first-order chi connectivity index (χ1) is 67.0. The van der Waals surface area contributed by atoms with Gasteiger partial charge in [0, 0.05) is 146 Å². The SMILES string of the molecule is COc1nc2ccc(C(O)(c3ccc(C)nc3C)c3cnnn3C)cc2c(Cl)c1CC(C)C.COc1nc2ccc(C(O)(c3ccnc(C(F)(F)F)c3)C3CCOCC3)cc2c(Cl)c1CN1CCC(C)CC1.COc1nc2ccc(C(O)(c3cnnn3C)C3CN(S(C)(=O)=O)C3)cc2c(Cl)c1CN1CCC(C)CC1.COc1nc2ccc(C(O)(c3cnnn3C)c3cnc(C)n3C)cc2c(Cl)c1CC(C)C. The number of ether oxygens (including phenoxy) is 5. The monoisotopic (exact) mass is 2030 g/mol. The van der Waals surface area contributed by atoms with Crippen molar-refractivity contribution in [1.29, 1.82) is 0 Å².